The van der Waals surface area contributed by atoms with E-state index in [1.807, 2.05) is 0 Å². The van der Waals surface area contributed by atoms with Gasteiger partial charge >= 0.3 is 0 Å². The largest absolute Gasteiger partial charge is 0.380 e. The first kappa shape index (κ1) is 16.3. The number of hydrogen-bond donors (Lipinski definition) is 1. The zero-order valence-electron chi connectivity index (χ0n) is 13.9. The summed E-state index contributed by atoms with van der Waals surface area (Å²) in [6.07, 6.45) is 2.40. The Morgan fingerprint density at radius 3 is 2.86 bits per heavy atom. The topological polar surface area (TPSA) is 24.5 Å². The quantitative estimate of drug-likeness (QED) is 0.868. The molecule has 0 amide bonds. The van der Waals surface area contributed by atoms with Crippen molar-refractivity contribution in [3.8, 4) is 0 Å². The summed E-state index contributed by atoms with van der Waals surface area (Å²) in [6.45, 7) is 9.78. The van der Waals surface area contributed by atoms with E-state index in [4.69, 9.17) is 4.74 Å². The second-order valence-corrected chi connectivity index (χ2v) is 6.22. The van der Waals surface area contributed by atoms with Crippen LogP contribution in [0, 0.1) is 5.92 Å². The average Bonchev–Trinajstić information content (AvgIpc) is 2.54. The van der Waals surface area contributed by atoms with E-state index in [0.29, 0.717) is 24.6 Å². The van der Waals surface area contributed by atoms with Gasteiger partial charge in [-0.2, -0.15) is 0 Å². The van der Waals surface area contributed by atoms with E-state index in [9.17, 15) is 0 Å². The summed E-state index contributed by atoms with van der Waals surface area (Å²) < 4.78 is 5.27. The third-order valence-electron chi connectivity index (χ3n) is 4.81. The number of benzene rings is 1. The Kier molecular flexibility index (Phi) is 6.07. The normalized spacial score (nSPS) is 24.1. The van der Waals surface area contributed by atoms with Gasteiger partial charge in [-0.1, -0.05) is 39.3 Å². The minimum Gasteiger partial charge on any atom is -0.380 e. The van der Waals surface area contributed by atoms with Crippen LogP contribution in [-0.4, -0.2) is 32.3 Å². The van der Waals surface area contributed by atoms with Crippen molar-refractivity contribution in [3.63, 3.8) is 0 Å². The third-order valence-corrected chi connectivity index (χ3v) is 4.81. The fourth-order valence-corrected chi connectivity index (χ4v) is 3.16. The molecule has 0 spiro atoms. The molecule has 1 N–H and O–H groups in total. The Bertz CT molecular complexity index is 435. The van der Waals surface area contributed by atoms with Crippen LogP contribution in [0.25, 0.3) is 0 Å². The first-order valence-corrected chi connectivity index (χ1v) is 8.27. The Morgan fingerprint density at radius 2 is 2.19 bits per heavy atom. The molecule has 0 aromatic heterocycles. The molecule has 2 rings (SSSR count). The van der Waals surface area contributed by atoms with E-state index < -0.39 is 0 Å². The van der Waals surface area contributed by atoms with Crippen LogP contribution in [0.4, 0.5) is 5.69 Å². The highest BCUT2D eigenvalue weighted by molar-refractivity contribution is 5.50. The van der Waals surface area contributed by atoms with E-state index in [2.05, 4.69) is 55.3 Å². The first-order chi connectivity index (χ1) is 10.2. The van der Waals surface area contributed by atoms with Crippen molar-refractivity contribution < 1.29 is 4.74 Å². The maximum absolute atomic E-state index is 5.27. The highest BCUT2D eigenvalue weighted by Crippen LogP contribution is 2.25. The molecule has 3 heteroatoms. The lowest BCUT2D eigenvalue weighted by atomic mass is 9.94. The van der Waals surface area contributed by atoms with E-state index in [-0.39, 0.29) is 0 Å². The molecule has 1 aliphatic heterocycles. The zero-order chi connectivity index (χ0) is 15.2. The van der Waals surface area contributed by atoms with Gasteiger partial charge in [0.05, 0.1) is 6.61 Å². The highest BCUT2D eigenvalue weighted by Gasteiger charge is 2.29. The second kappa shape index (κ2) is 7.81. The number of ether oxygens (including phenoxy) is 1. The van der Waals surface area contributed by atoms with Crippen LogP contribution in [0.2, 0.25) is 0 Å². The summed E-state index contributed by atoms with van der Waals surface area (Å²) >= 11 is 0. The van der Waals surface area contributed by atoms with Gasteiger partial charge in [-0.15, -0.1) is 0 Å². The van der Waals surface area contributed by atoms with Gasteiger partial charge in [0, 0.05) is 38.0 Å². The van der Waals surface area contributed by atoms with Gasteiger partial charge in [-0.05, 0) is 30.0 Å². The number of anilines is 1. The number of hydrogen-bond acceptors (Lipinski definition) is 3. The van der Waals surface area contributed by atoms with Crippen LogP contribution in [0.3, 0.4) is 0 Å². The lowest BCUT2D eigenvalue weighted by Crippen LogP contribution is -2.58. The van der Waals surface area contributed by atoms with Crippen molar-refractivity contribution in [2.24, 2.45) is 5.92 Å². The fraction of sp³-hybridized carbons (Fsp3) is 0.667. The molecule has 1 aliphatic rings. The first-order valence-electron chi connectivity index (χ1n) is 8.27. The van der Waals surface area contributed by atoms with Crippen LogP contribution >= 0.6 is 0 Å². The van der Waals surface area contributed by atoms with Crippen molar-refractivity contribution in [1.82, 2.24) is 5.32 Å². The molecule has 3 unspecified atom stereocenters. The molecule has 118 valence electrons. The number of nitrogens with zero attached hydrogens (tertiary/aromatic N) is 1. The van der Waals surface area contributed by atoms with Crippen molar-refractivity contribution in [2.45, 2.75) is 52.3 Å². The lowest BCUT2D eigenvalue weighted by molar-refractivity contribution is 0.185. The Hall–Kier alpha value is -1.06. The van der Waals surface area contributed by atoms with Crippen molar-refractivity contribution in [2.75, 3.05) is 25.1 Å². The number of piperazine rings is 1. The monoisotopic (exact) mass is 290 g/mol. The van der Waals surface area contributed by atoms with E-state index >= 15 is 0 Å². The van der Waals surface area contributed by atoms with Gasteiger partial charge in [-0.25, -0.2) is 0 Å². The summed E-state index contributed by atoms with van der Waals surface area (Å²) in [5.41, 5.74) is 2.59. The summed E-state index contributed by atoms with van der Waals surface area (Å²) in [4.78, 5) is 2.59. The summed E-state index contributed by atoms with van der Waals surface area (Å²) in [5.74, 6) is 0.715. The lowest BCUT2D eigenvalue weighted by Gasteiger charge is -2.43. The van der Waals surface area contributed by atoms with Crippen molar-refractivity contribution >= 4 is 5.69 Å². The standard InChI is InChI=1S/C18H30N2O/c1-5-14(3)18-12-20(16(6-2)11-19-18)17-9-7-8-15(10-17)13-21-4/h7-10,14,16,18-19H,5-6,11-13H2,1-4H3. The third kappa shape index (κ3) is 3.98. The Balaban J connectivity index is 2.18. The van der Waals surface area contributed by atoms with Gasteiger partial charge in [0.25, 0.3) is 0 Å². The number of nitrogens with one attached hydrogen (secondary N) is 1. The van der Waals surface area contributed by atoms with Crippen LogP contribution < -0.4 is 10.2 Å². The predicted molar refractivity (Wildman–Crippen MR) is 89.8 cm³/mol. The molecule has 0 saturated carbocycles. The van der Waals surface area contributed by atoms with Gasteiger partial charge in [-0.3, -0.25) is 0 Å². The van der Waals surface area contributed by atoms with Crippen LogP contribution in [0.1, 0.15) is 39.2 Å². The van der Waals surface area contributed by atoms with Gasteiger partial charge in [0.1, 0.15) is 0 Å². The molecule has 3 atom stereocenters. The maximum atomic E-state index is 5.27. The second-order valence-electron chi connectivity index (χ2n) is 6.22. The molecule has 3 nitrogen and oxygen atoms in total. The van der Waals surface area contributed by atoms with Crippen LogP contribution in [-0.2, 0) is 11.3 Å². The van der Waals surface area contributed by atoms with Gasteiger partial charge in [0.2, 0.25) is 0 Å². The Morgan fingerprint density at radius 1 is 1.38 bits per heavy atom. The average molecular weight is 290 g/mol. The van der Waals surface area contributed by atoms with Crippen LogP contribution in [0.15, 0.2) is 24.3 Å². The molecular weight excluding hydrogens is 260 g/mol. The molecule has 1 saturated heterocycles. The summed E-state index contributed by atoms with van der Waals surface area (Å²) in [5, 5.41) is 3.74. The molecule has 1 heterocycles. The number of methoxy groups -OCH3 is 1. The SMILES string of the molecule is CCC(C)C1CN(c2cccc(COC)c2)C(CC)CN1. The van der Waals surface area contributed by atoms with Crippen molar-refractivity contribution in [1.29, 1.82) is 0 Å². The maximum Gasteiger partial charge on any atom is 0.0713 e. The minimum atomic E-state index is 0.586. The molecule has 1 fully saturated rings. The fourth-order valence-electron chi connectivity index (χ4n) is 3.16. The smallest absolute Gasteiger partial charge is 0.0713 e. The van der Waals surface area contributed by atoms with E-state index in [1.165, 1.54) is 24.1 Å². The molecular formula is C18H30N2O. The van der Waals surface area contributed by atoms with Crippen LogP contribution in [0.5, 0.6) is 0 Å². The minimum absolute atomic E-state index is 0.586. The number of rotatable bonds is 6. The van der Waals surface area contributed by atoms with E-state index in [0.717, 1.165) is 13.1 Å². The van der Waals surface area contributed by atoms with Crippen molar-refractivity contribution in [3.05, 3.63) is 29.8 Å². The molecule has 0 bridgehead atoms. The zero-order valence-corrected chi connectivity index (χ0v) is 13.9. The molecule has 0 aliphatic carbocycles. The Labute approximate surface area is 129 Å². The molecule has 1 aromatic rings. The molecule has 21 heavy (non-hydrogen) atoms. The van der Waals surface area contributed by atoms with Gasteiger partial charge in [0.15, 0.2) is 0 Å². The van der Waals surface area contributed by atoms with Gasteiger partial charge < -0.3 is 15.0 Å². The summed E-state index contributed by atoms with van der Waals surface area (Å²) in [7, 11) is 1.76. The highest BCUT2D eigenvalue weighted by atomic mass is 16.5. The molecule has 1 aromatic carbocycles. The van der Waals surface area contributed by atoms with E-state index in [1.54, 1.807) is 7.11 Å². The molecule has 0 radical (unpaired) electrons. The predicted octanol–water partition coefficient (Wildman–Crippen LogP) is 3.44. The summed E-state index contributed by atoms with van der Waals surface area (Å²) in [6, 6.07) is 9.98.